The van der Waals surface area contributed by atoms with Crippen LogP contribution in [0.15, 0.2) is 18.2 Å². The van der Waals surface area contributed by atoms with Crippen LogP contribution in [0.1, 0.15) is 13.8 Å². The Morgan fingerprint density at radius 2 is 1.84 bits per heavy atom. The lowest BCUT2D eigenvalue weighted by atomic mass is 10.1. The van der Waals surface area contributed by atoms with Gasteiger partial charge in [-0.3, -0.25) is 9.59 Å². The van der Waals surface area contributed by atoms with Gasteiger partial charge in [0.25, 0.3) is 0 Å². The second kappa shape index (κ2) is 4.69. The van der Waals surface area contributed by atoms with Gasteiger partial charge >= 0.3 is 5.97 Å². The Balaban J connectivity index is 2.10. The van der Waals surface area contributed by atoms with E-state index < -0.39 is 23.2 Å². The molecule has 0 aliphatic heterocycles. The Hall–Kier alpha value is -1.26. The molecule has 2 N–H and O–H groups in total. The summed E-state index contributed by atoms with van der Waals surface area (Å²) >= 11 is 11.6. The van der Waals surface area contributed by atoms with E-state index in [0.717, 1.165) is 0 Å². The number of aliphatic carboxylic acids is 1. The molecule has 19 heavy (non-hydrogen) atoms. The summed E-state index contributed by atoms with van der Waals surface area (Å²) in [5.41, 5.74) is -0.0159. The molecule has 1 saturated carbocycles. The highest BCUT2D eigenvalue weighted by molar-refractivity contribution is 6.42. The summed E-state index contributed by atoms with van der Waals surface area (Å²) < 4.78 is 0. The van der Waals surface area contributed by atoms with E-state index in [1.165, 1.54) is 6.07 Å². The lowest BCUT2D eigenvalue weighted by molar-refractivity contribution is -0.140. The van der Waals surface area contributed by atoms with E-state index in [-0.39, 0.29) is 5.91 Å². The first-order valence-corrected chi connectivity index (χ1v) is 6.49. The van der Waals surface area contributed by atoms with Crippen molar-refractivity contribution in [3.05, 3.63) is 28.2 Å². The average Bonchev–Trinajstić information content (AvgIpc) is 2.87. The summed E-state index contributed by atoms with van der Waals surface area (Å²) in [7, 11) is 0. The highest BCUT2D eigenvalue weighted by atomic mass is 35.5. The fourth-order valence-electron chi connectivity index (χ4n) is 2.38. The van der Waals surface area contributed by atoms with Crippen molar-refractivity contribution in [2.75, 3.05) is 5.32 Å². The number of halogens is 2. The first-order valence-electron chi connectivity index (χ1n) is 5.74. The number of anilines is 1. The van der Waals surface area contributed by atoms with Crippen molar-refractivity contribution >= 4 is 40.8 Å². The standard InChI is InChI=1S/C13H13Cl2NO3/c1-13(2)9(10(13)12(18)19)11(17)16-6-3-4-7(14)8(15)5-6/h3-5,9-10H,1-2H3,(H,16,17)(H,18,19). The smallest absolute Gasteiger partial charge is 0.307 e. The van der Waals surface area contributed by atoms with Crippen molar-refractivity contribution in [2.45, 2.75) is 13.8 Å². The van der Waals surface area contributed by atoms with Gasteiger partial charge in [-0.05, 0) is 23.6 Å². The minimum atomic E-state index is -0.945. The highest BCUT2D eigenvalue weighted by Crippen LogP contribution is 2.58. The average molecular weight is 302 g/mol. The molecule has 0 bridgehead atoms. The molecule has 102 valence electrons. The zero-order chi connectivity index (χ0) is 14.4. The molecule has 4 nitrogen and oxygen atoms in total. The zero-order valence-corrected chi connectivity index (χ0v) is 11.9. The Morgan fingerprint density at radius 3 is 2.32 bits per heavy atom. The number of carbonyl (C=O) groups is 2. The first kappa shape index (κ1) is 14.2. The summed E-state index contributed by atoms with van der Waals surface area (Å²) in [6.07, 6.45) is 0. The molecule has 0 radical (unpaired) electrons. The van der Waals surface area contributed by atoms with Crippen LogP contribution in [0, 0.1) is 17.3 Å². The number of hydrogen-bond donors (Lipinski definition) is 2. The fraction of sp³-hybridized carbons (Fsp3) is 0.385. The van der Waals surface area contributed by atoms with Crippen LogP contribution in [-0.2, 0) is 9.59 Å². The Morgan fingerprint density at radius 1 is 1.21 bits per heavy atom. The summed E-state index contributed by atoms with van der Waals surface area (Å²) in [5.74, 6) is -2.43. The molecule has 1 aliphatic rings. The molecule has 0 saturated heterocycles. The monoisotopic (exact) mass is 301 g/mol. The van der Waals surface area contributed by atoms with E-state index in [9.17, 15) is 9.59 Å². The van der Waals surface area contributed by atoms with Gasteiger partial charge in [-0.2, -0.15) is 0 Å². The van der Waals surface area contributed by atoms with Gasteiger partial charge in [0.2, 0.25) is 5.91 Å². The first-order chi connectivity index (χ1) is 8.75. The van der Waals surface area contributed by atoms with Crippen molar-refractivity contribution in [2.24, 2.45) is 17.3 Å². The lowest BCUT2D eigenvalue weighted by Gasteiger charge is -2.07. The number of carbonyl (C=O) groups excluding carboxylic acids is 1. The number of nitrogens with one attached hydrogen (secondary N) is 1. The molecule has 0 spiro atoms. The van der Waals surface area contributed by atoms with Gasteiger partial charge in [0.05, 0.1) is 21.9 Å². The topological polar surface area (TPSA) is 66.4 Å². The maximum absolute atomic E-state index is 12.1. The van der Waals surface area contributed by atoms with Gasteiger partial charge < -0.3 is 10.4 Å². The third-order valence-electron chi connectivity index (χ3n) is 3.56. The van der Waals surface area contributed by atoms with Crippen LogP contribution in [0.2, 0.25) is 10.0 Å². The van der Waals surface area contributed by atoms with Gasteiger partial charge in [-0.25, -0.2) is 0 Å². The van der Waals surface area contributed by atoms with Crippen LogP contribution in [0.5, 0.6) is 0 Å². The number of carboxylic acid groups (broad SMARTS) is 1. The van der Waals surface area contributed by atoms with Gasteiger partial charge in [0.1, 0.15) is 0 Å². The van der Waals surface area contributed by atoms with E-state index in [1.54, 1.807) is 26.0 Å². The summed E-state index contributed by atoms with van der Waals surface area (Å²) in [5, 5.41) is 12.4. The SMILES string of the molecule is CC1(C)C(C(=O)O)C1C(=O)Nc1ccc(Cl)c(Cl)c1. The molecule has 1 amide bonds. The van der Waals surface area contributed by atoms with Crippen LogP contribution >= 0.6 is 23.2 Å². The number of rotatable bonds is 3. The predicted molar refractivity (Wildman–Crippen MR) is 73.5 cm³/mol. The maximum Gasteiger partial charge on any atom is 0.307 e. The third-order valence-corrected chi connectivity index (χ3v) is 4.30. The Bertz CT molecular complexity index is 557. The van der Waals surface area contributed by atoms with E-state index >= 15 is 0 Å². The molecule has 0 heterocycles. The number of benzene rings is 1. The zero-order valence-electron chi connectivity index (χ0n) is 10.4. The van der Waals surface area contributed by atoms with Crippen LogP contribution in [0.4, 0.5) is 5.69 Å². The second-order valence-corrected chi connectivity index (χ2v) is 6.05. The van der Waals surface area contributed by atoms with Crippen LogP contribution < -0.4 is 5.32 Å². The minimum absolute atomic E-state index is 0.309. The molecule has 1 fully saturated rings. The van der Waals surface area contributed by atoms with Crippen molar-refractivity contribution in [3.63, 3.8) is 0 Å². The Labute approximate surface area is 120 Å². The van der Waals surface area contributed by atoms with Gasteiger partial charge in [-0.1, -0.05) is 37.0 Å². The van der Waals surface area contributed by atoms with Crippen LogP contribution in [0.3, 0.4) is 0 Å². The fourth-order valence-corrected chi connectivity index (χ4v) is 2.68. The minimum Gasteiger partial charge on any atom is -0.481 e. The summed E-state index contributed by atoms with van der Waals surface area (Å²) in [6, 6.07) is 4.73. The number of carboxylic acids is 1. The summed E-state index contributed by atoms with van der Waals surface area (Å²) in [6.45, 7) is 3.54. The van der Waals surface area contributed by atoms with E-state index in [1.807, 2.05) is 0 Å². The van der Waals surface area contributed by atoms with Crippen molar-refractivity contribution in [1.29, 1.82) is 0 Å². The van der Waals surface area contributed by atoms with Crippen LogP contribution in [0.25, 0.3) is 0 Å². The van der Waals surface area contributed by atoms with Crippen LogP contribution in [-0.4, -0.2) is 17.0 Å². The normalized spacial score (nSPS) is 23.8. The number of amides is 1. The van der Waals surface area contributed by atoms with E-state index in [0.29, 0.717) is 15.7 Å². The third kappa shape index (κ3) is 2.55. The highest BCUT2D eigenvalue weighted by Gasteiger charge is 2.65. The molecular formula is C13H13Cl2NO3. The maximum atomic E-state index is 12.1. The number of hydrogen-bond acceptors (Lipinski definition) is 2. The summed E-state index contributed by atoms with van der Waals surface area (Å²) in [4.78, 5) is 23.1. The predicted octanol–water partition coefficient (Wildman–Crippen LogP) is 3.29. The molecule has 1 aromatic rings. The quantitative estimate of drug-likeness (QED) is 0.900. The Kier molecular flexibility index (Phi) is 3.49. The van der Waals surface area contributed by atoms with Gasteiger partial charge in [0.15, 0.2) is 0 Å². The molecular weight excluding hydrogens is 289 g/mol. The molecule has 2 rings (SSSR count). The largest absolute Gasteiger partial charge is 0.481 e. The second-order valence-electron chi connectivity index (χ2n) is 5.23. The molecule has 0 aromatic heterocycles. The lowest BCUT2D eigenvalue weighted by Crippen LogP contribution is -2.17. The van der Waals surface area contributed by atoms with E-state index in [2.05, 4.69) is 5.32 Å². The van der Waals surface area contributed by atoms with Gasteiger partial charge in [-0.15, -0.1) is 0 Å². The molecule has 1 aromatic carbocycles. The van der Waals surface area contributed by atoms with E-state index in [4.69, 9.17) is 28.3 Å². The van der Waals surface area contributed by atoms with Crippen molar-refractivity contribution in [1.82, 2.24) is 0 Å². The molecule has 2 unspecified atom stereocenters. The van der Waals surface area contributed by atoms with Crippen molar-refractivity contribution < 1.29 is 14.7 Å². The molecule has 1 aliphatic carbocycles. The van der Waals surface area contributed by atoms with Crippen molar-refractivity contribution in [3.8, 4) is 0 Å². The van der Waals surface area contributed by atoms with Gasteiger partial charge in [0, 0.05) is 5.69 Å². The molecule has 2 atom stereocenters. The molecule has 6 heteroatoms.